The van der Waals surface area contributed by atoms with Crippen LogP contribution in [0.5, 0.6) is 0 Å². The minimum atomic E-state index is 0.905. The first-order chi connectivity index (χ1) is 24.8. The van der Waals surface area contributed by atoms with E-state index in [1.807, 2.05) is 17.4 Å². The molecule has 11 rings (SSSR count). The molecule has 4 heteroatoms. The number of para-hydroxylation sites is 2. The molecule has 10 aromatic rings. The van der Waals surface area contributed by atoms with E-state index < -0.39 is 0 Å². The first-order valence-corrected chi connectivity index (χ1v) is 18.0. The van der Waals surface area contributed by atoms with Crippen LogP contribution in [0.4, 0.5) is 11.4 Å². The third kappa shape index (κ3) is 4.15. The Kier molecular flexibility index (Phi) is 5.95. The second-order valence-electron chi connectivity index (χ2n) is 13.3. The van der Waals surface area contributed by atoms with Crippen molar-refractivity contribution in [2.24, 2.45) is 0 Å². The van der Waals surface area contributed by atoms with Crippen molar-refractivity contribution in [2.75, 3.05) is 4.90 Å². The monoisotopic (exact) mass is 658 g/mol. The molecular weight excluding hydrogens is 629 g/mol. The van der Waals surface area contributed by atoms with Gasteiger partial charge in [-0.3, -0.25) is 0 Å². The molecule has 3 aromatic heterocycles. The summed E-state index contributed by atoms with van der Waals surface area (Å²) >= 11 is 1.87. The van der Waals surface area contributed by atoms with Crippen molar-refractivity contribution >= 4 is 103 Å². The van der Waals surface area contributed by atoms with Crippen LogP contribution in [0.1, 0.15) is 12.8 Å². The van der Waals surface area contributed by atoms with Crippen molar-refractivity contribution in [3.05, 3.63) is 163 Å². The maximum atomic E-state index is 6.24. The van der Waals surface area contributed by atoms with Gasteiger partial charge in [0, 0.05) is 64.5 Å². The van der Waals surface area contributed by atoms with Gasteiger partial charge in [0.15, 0.2) is 0 Å². The smallest absolute Gasteiger partial charge is 0.135 e. The van der Waals surface area contributed by atoms with Gasteiger partial charge in [0.25, 0.3) is 0 Å². The molecule has 0 spiro atoms. The number of hydrogen-bond acceptors (Lipinski definition) is 3. The van der Waals surface area contributed by atoms with Crippen LogP contribution in [0, 0.1) is 0 Å². The van der Waals surface area contributed by atoms with Crippen molar-refractivity contribution in [1.29, 1.82) is 0 Å². The fraction of sp³-hybridized carbons (Fsp3) is 0.0435. The van der Waals surface area contributed by atoms with E-state index in [2.05, 4.69) is 161 Å². The van der Waals surface area contributed by atoms with Gasteiger partial charge in [0.1, 0.15) is 11.2 Å². The highest BCUT2D eigenvalue weighted by molar-refractivity contribution is 7.25. The van der Waals surface area contributed by atoms with Gasteiger partial charge in [-0.15, -0.1) is 11.3 Å². The van der Waals surface area contributed by atoms with Crippen molar-refractivity contribution in [3.63, 3.8) is 0 Å². The molecular formula is C46H30N2OS. The lowest BCUT2D eigenvalue weighted by Gasteiger charge is -2.30. The fourth-order valence-electron chi connectivity index (χ4n) is 8.14. The molecule has 0 amide bonds. The Labute approximate surface area is 292 Å². The number of allylic oxidation sites excluding steroid dienone is 4. The lowest BCUT2D eigenvalue weighted by atomic mass is 10.0. The summed E-state index contributed by atoms with van der Waals surface area (Å²) in [5, 5.41) is 10.0. The largest absolute Gasteiger partial charge is 0.456 e. The number of benzene rings is 7. The summed E-state index contributed by atoms with van der Waals surface area (Å²) in [6, 6.07) is 52.9. The van der Waals surface area contributed by atoms with Crippen molar-refractivity contribution in [1.82, 2.24) is 4.57 Å². The summed E-state index contributed by atoms with van der Waals surface area (Å²) in [5.41, 5.74) is 9.23. The first-order valence-electron chi connectivity index (χ1n) is 17.2. The van der Waals surface area contributed by atoms with E-state index in [4.69, 9.17) is 4.42 Å². The molecule has 0 saturated carbocycles. The summed E-state index contributed by atoms with van der Waals surface area (Å²) in [6.07, 6.45) is 6.51. The van der Waals surface area contributed by atoms with Gasteiger partial charge in [-0.1, -0.05) is 84.9 Å². The Balaban J connectivity index is 1.10. The van der Waals surface area contributed by atoms with Crippen LogP contribution in [-0.4, -0.2) is 4.57 Å². The Morgan fingerprint density at radius 2 is 1.18 bits per heavy atom. The second kappa shape index (κ2) is 10.7. The minimum absolute atomic E-state index is 0.905. The second-order valence-corrected chi connectivity index (χ2v) is 14.4. The number of aromatic nitrogens is 1. The van der Waals surface area contributed by atoms with Crippen LogP contribution in [0.15, 0.2) is 168 Å². The summed E-state index contributed by atoms with van der Waals surface area (Å²) < 4.78 is 11.3. The number of hydrogen-bond donors (Lipinski definition) is 0. The van der Waals surface area contributed by atoms with E-state index in [0.717, 1.165) is 40.5 Å². The highest BCUT2D eigenvalue weighted by Crippen LogP contribution is 2.43. The predicted octanol–water partition coefficient (Wildman–Crippen LogP) is 13.6. The van der Waals surface area contributed by atoms with Crippen molar-refractivity contribution in [3.8, 4) is 0 Å². The zero-order chi connectivity index (χ0) is 32.8. The molecule has 50 heavy (non-hydrogen) atoms. The molecule has 0 bridgehead atoms. The number of fused-ring (bicyclic) bond motifs is 10. The molecule has 1 aliphatic rings. The topological polar surface area (TPSA) is 21.3 Å². The standard InChI is InChI=1S/C46H30N2OS/c1-2-10-30-26-42-39(25-29(30)9-1)35-11-3-6-14-41(35)48(42)32-19-17-31(18-20-32)47(33-22-24-44-40(27-33)36-12-4-7-15-43(36)49-44)34-21-23-38-37-13-5-8-16-45(37)50-46(38)28-34/h1-17,19,21-28H,18,20H2. The maximum Gasteiger partial charge on any atom is 0.135 e. The Morgan fingerprint density at radius 3 is 2.06 bits per heavy atom. The van der Waals surface area contributed by atoms with Crippen LogP contribution in [0.25, 0.3) is 80.4 Å². The van der Waals surface area contributed by atoms with E-state index in [-0.39, 0.29) is 0 Å². The fourth-order valence-corrected chi connectivity index (χ4v) is 9.28. The van der Waals surface area contributed by atoms with Crippen LogP contribution in [-0.2, 0) is 0 Å². The molecule has 3 nitrogen and oxygen atoms in total. The van der Waals surface area contributed by atoms with Crippen molar-refractivity contribution < 1.29 is 4.42 Å². The van der Waals surface area contributed by atoms with E-state index in [0.29, 0.717) is 0 Å². The van der Waals surface area contributed by atoms with E-state index >= 15 is 0 Å². The number of rotatable bonds is 4. The molecule has 0 N–H and O–H groups in total. The van der Waals surface area contributed by atoms with Crippen LogP contribution in [0.2, 0.25) is 0 Å². The highest BCUT2D eigenvalue weighted by Gasteiger charge is 2.22. The Bertz CT molecular complexity index is 3060. The van der Waals surface area contributed by atoms with E-state index in [1.165, 1.54) is 69.8 Å². The first kappa shape index (κ1) is 27.8. The zero-order valence-corrected chi connectivity index (χ0v) is 28.0. The summed E-state index contributed by atoms with van der Waals surface area (Å²) in [7, 11) is 0. The van der Waals surface area contributed by atoms with Gasteiger partial charge < -0.3 is 13.9 Å². The predicted molar refractivity (Wildman–Crippen MR) is 214 cm³/mol. The number of nitrogens with zero attached hydrogens (tertiary/aromatic N) is 2. The SMILES string of the molecule is C1=C(N(c2ccc3c(c2)sc2ccccc23)c2ccc3oc4ccccc4c3c2)CCC(n2c3ccccc3c3cc4ccccc4cc32)=C1. The number of anilines is 2. The molecule has 7 aromatic carbocycles. The molecule has 0 unspecified atom stereocenters. The highest BCUT2D eigenvalue weighted by atomic mass is 32.1. The van der Waals surface area contributed by atoms with Gasteiger partial charge in [-0.2, -0.15) is 0 Å². The average Bonchev–Trinajstić information content (AvgIpc) is 3.83. The third-order valence-corrected chi connectivity index (χ3v) is 11.6. The molecule has 236 valence electrons. The normalized spacial score (nSPS) is 13.7. The van der Waals surface area contributed by atoms with Crippen LogP contribution < -0.4 is 4.90 Å². The maximum absolute atomic E-state index is 6.24. The van der Waals surface area contributed by atoms with Crippen LogP contribution in [0.3, 0.4) is 0 Å². The minimum Gasteiger partial charge on any atom is -0.456 e. The lowest BCUT2D eigenvalue weighted by molar-refractivity contribution is 0.669. The molecule has 0 radical (unpaired) electrons. The average molecular weight is 659 g/mol. The van der Waals surface area contributed by atoms with Crippen molar-refractivity contribution in [2.45, 2.75) is 12.8 Å². The van der Waals surface area contributed by atoms with Crippen LogP contribution >= 0.6 is 11.3 Å². The van der Waals surface area contributed by atoms with E-state index in [9.17, 15) is 0 Å². The van der Waals surface area contributed by atoms with Gasteiger partial charge in [0.2, 0.25) is 0 Å². The Hall–Kier alpha value is -6.10. The summed E-state index contributed by atoms with van der Waals surface area (Å²) in [5.74, 6) is 0. The summed E-state index contributed by atoms with van der Waals surface area (Å²) in [4.78, 5) is 2.46. The van der Waals surface area contributed by atoms with E-state index in [1.54, 1.807) is 0 Å². The number of thiophene rings is 1. The molecule has 3 heterocycles. The van der Waals surface area contributed by atoms with Gasteiger partial charge >= 0.3 is 0 Å². The molecule has 0 fully saturated rings. The molecule has 0 saturated heterocycles. The third-order valence-electron chi connectivity index (χ3n) is 10.5. The zero-order valence-electron chi connectivity index (χ0n) is 27.1. The number of furan rings is 1. The summed E-state index contributed by atoms with van der Waals surface area (Å²) in [6.45, 7) is 0. The lowest BCUT2D eigenvalue weighted by Crippen LogP contribution is -2.18. The molecule has 0 aliphatic heterocycles. The Morgan fingerprint density at radius 1 is 0.480 bits per heavy atom. The quantitative estimate of drug-likeness (QED) is 0.188. The molecule has 0 atom stereocenters. The van der Waals surface area contributed by atoms with Gasteiger partial charge in [-0.05, 0) is 96.4 Å². The van der Waals surface area contributed by atoms with Gasteiger partial charge in [0.05, 0.1) is 11.0 Å². The van der Waals surface area contributed by atoms with Gasteiger partial charge in [-0.25, -0.2) is 0 Å². The molecule has 1 aliphatic carbocycles.